The number of aliphatic imine (C=N–C) groups is 1. The molecule has 0 fully saturated rings. The van der Waals surface area contributed by atoms with Gasteiger partial charge in [0, 0.05) is 6.42 Å². The topological polar surface area (TPSA) is 38.4 Å². The zero-order valence-electron chi connectivity index (χ0n) is 8.23. The van der Waals surface area contributed by atoms with E-state index < -0.39 is 0 Å². The Balaban J connectivity index is 3.05. The van der Waals surface area contributed by atoms with Crippen molar-refractivity contribution in [3.8, 4) is 0 Å². The summed E-state index contributed by atoms with van der Waals surface area (Å²) >= 11 is 17.6. The Morgan fingerprint density at radius 3 is 2.40 bits per heavy atom. The number of halogens is 3. The maximum atomic E-state index is 5.94. The lowest BCUT2D eigenvalue weighted by atomic mass is 10.3. The van der Waals surface area contributed by atoms with Crippen LogP contribution in [-0.4, -0.2) is 5.84 Å². The summed E-state index contributed by atoms with van der Waals surface area (Å²) in [5, 5.41) is 1.28. The lowest BCUT2D eigenvalue weighted by molar-refractivity contribution is 0.983. The minimum absolute atomic E-state index is 0.412. The molecule has 0 bridgehead atoms. The van der Waals surface area contributed by atoms with E-state index >= 15 is 0 Å². The number of hydrogen-bond acceptors (Lipinski definition) is 1. The fourth-order valence-corrected chi connectivity index (χ4v) is 1.65. The molecule has 15 heavy (non-hydrogen) atoms. The molecule has 2 N–H and O–H groups in total. The van der Waals surface area contributed by atoms with Crippen molar-refractivity contribution in [2.45, 2.75) is 19.8 Å². The maximum Gasteiger partial charge on any atom is 0.0996 e. The zero-order chi connectivity index (χ0) is 11.4. The van der Waals surface area contributed by atoms with Gasteiger partial charge in [-0.3, -0.25) is 0 Å². The van der Waals surface area contributed by atoms with E-state index in [9.17, 15) is 0 Å². The second-order valence-electron chi connectivity index (χ2n) is 3.07. The van der Waals surface area contributed by atoms with Crippen molar-refractivity contribution in [1.29, 1.82) is 0 Å². The average Bonchev–Trinajstić information content (AvgIpc) is 2.14. The normalized spacial score (nSPS) is 11.9. The lowest BCUT2D eigenvalue weighted by Gasteiger charge is -2.03. The second kappa shape index (κ2) is 5.59. The number of nitrogens with zero attached hydrogens (tertiary/aromatic N) is 1. The molecule has 0 saturated heterocycles. The van der Waals surface area contributed by atoms with Crippen LogP contribution < -0.4 is 5.73 Å². The van der Waals surface area contributed by atoms with E-state index in [2.05, 4.69) is 4.99 Å². The minimum Gasteiger partial charge on any atom is -0.387 e. The molecule has 1 aromatic carbocycles. The smallest absolute Gasteiger partial charge is 0.0996 e. The average molecular weight is 266 g/mol. The minimum atomic E-state index is 0.412. The predicted molar refractivity (Wildman–Crippen MR) is 67.7 cm³/mol. The molecular weight excluding hydrogens is 254 g/mol. The highest BCUT2D eigenvalue weighted by Gasteiger charge is 2.05. The summed E-state index contributed by atoms with van der Waals surface area (Å²) in [5.74, 6) is 0.540. The molecule has 0 saturated carbocycles. The second-order valence-corrected chi connectivity index (χ2v) is 4.29. The molecule has 0 aliphatic carbocycles. The van der Waals surface area contributed by atoms with Crippen LogP contribution in [0.3, 0.4) is 0 Å². The summed E-state index contributed by atoms with van der Waals surface area (Å²) in [6, 6.07) is 3.16. The summed E-state index contributed by atoms with van der Waals surface area (Å²) in [6.07, 6.45) is 1.67. The van der Waals surface area contributed by atoms with Gasteiger partial charge in [-0.2, -0.15) is 0 Å². The van der Waals surface area contributed by atoms with Crippen LogP contribution in [-0.2, 0) is 0 Å². The van der Waals surface area contributed by atoms with Gasteiger partial charge in [0.2, 0.25) is 0 Å². The molecule has 0 aliphatic rings. The first kappa shape index (κ1) is 12.6. The Kier molecular flexibility index (Phi) is 4.71. The Hall–Kier alpha value is -0.440. The third kappa shape index (κ3) is 3.56. The summed E-state index contributed by atoms with van der Waals surface area (Å²) in [4.78, 5) is 4.17. The number of amidine groups is 1. The van der Waals surface area contributed by atoms with E-state index in [1.165, 1.54) is 0 Å². The molecule has 0 aliphatic heterocycles. The largest absolute Gasteiger partial charge is 0.387 e. The predicted octanol–water partition coefficient (Wildman–Crippen LogP) is 4.44. The molecule has 0 radical (unpaired) electrons. The fraction of sp³-hybridized carbons (Fsp3) is 0.300. The van der Waals surface area contributed by atoms with Gasteiger partial charge in [-0.1, -0.05) is 41.7 Å². The molecule has 82 valence electrons. The van der Waals surface area contributed by atoms with E-state index in [0.717, 1.165) is 12.8 Å². The van der Waals surface area contributed by atoms with Crippen LogP contribution in [0.15, 0.2) is 17.1 Å². The van der Waals surface area contributed by atoms with Gasteiger partial charge in [-0.25, -0.2) is 4.99 Å². The molecule has 2 nitrogen and oxygen atoms in total. The van der Waals surface area contributed by atoms with Crippen molar-refractivity contribution >= 4 is 46.3 Å². The quantitative estimate of drug-likeness (QED) is 0.490. The van der Waals surface area contributed by atoms with Gasteiger partial charge in [0.05, 0.1) is 26.6 Å². The van der Waals surface area contributed by atoms with E-state index in [-0.39, 0.29) is 0 Å². The molecule has 0 unspecified atom stereocenters. The molecule has 0 spiro atoms. The summed E-state index contributed by atoms with van der Waals surface area (Å²) in [5.41, 5.74) is 6.24. The van der Waals surface area contributed by atoms with Crippen LogP contribution in [0.2, 0.25) is 15.1 Å². The van der Waals surface area contributed by atoms with Crippen LogP contribution in [0.5, 0.6) is 0 Å². The van der Waals surface area contributed by atoms with Crippen LogP contribution in [0.4, 0.5) is 5.69 Å². The van der Waals surface area contributed by atoms with Gasteiger partial charge in [0.1, 0.15) is 0 Å². The molecular formula is C10H11Cl3N2. The van der Waals surface area contributed by atoms with Crippen LogP contribution >= 0.6 is 34.8 Å². The highest BCUT2D eigenvalue weighted by atomic mass is 35.5. The highest BCUT2D eigenvalue weighted by Crippen LogP contribution is 2.34. The molecule has 0 atom stereocenters. The Morgan fingerprint density at radius 2 is 1.80 bits per heavy atom. The SMILES string of the molecule is CCCC(N)=Nc1cc(Cl)c(Cl)cc1Cl. The Bertz CT molecular complexity index is 388. The van der Waals surface area contributed by atoms with Crippen LogP contribution in [0.25, 0.3) is 0 Å². The first-order valence-electron chi connectivity index (χ1n) is 4.52. The van der Waals surface area contributed by atoms with Crippen molar-refractivity contribution < 1.29 is 0 Å². The molecule has 1 rings (SSSR count). The van der Waals surface area contributed by atoms with Gasteiger partial charge < -0.3 is 5.73 Å². The van der Waals surface area contributed by atoms with Crippen LogP contribution in [0.1, 0.15) is 19.8 Å². The molecule has 5 heteroatoms. The van der Waals surface area contributed by atoms with E-state index in [4.69, 9.17) is 40.5 Å². The first-order chi connectivity index (χ1) is 7.04. The number of hydrogen-bond donors (Lipinski definition) is 1. The van der Waals surface area contributed by atoms with Gasteiger partial charge in [-0.15, -0.1) is 0 Å². The summed E-state index contributed by atoms with van der Waals surface area (Å²) < 4.78 is 0. The molecule has 0 aromatic heterocycles. The van der Waals surface area contributed by atoms with Gasteiger partial charge in [0.25, 0.3) is 0 Å². The maximum absolute atomic E-state index is 5.94. The number of nitrogens with two attached hydrogens (primary N) is 1. The van der Waals surface area contributed by atoms with Gasteiger partial charge in [-0.05, 0) is 18.6 Å². The van der Waals surface area contributed by atoms with Crippen molar-refractivity contribution in [3.05, 3.63) is 27.2 Å². The fourth-order valence-electron chi connectivity index (χ4n) is 1.06. The van der Waals surface area contributed by atoms with Crippen molar-refractivity contribution in [2.24, 2.45) is 10.7 Å². The number of rotatable bonds is 3. The van der Waals surface area contributed by atoms with E-state index in [1.807, 2.05) is 6.92 Å². The molecule has 0 amide bonds. The van der Waals surface area contributed by atoms with Crippen molar-refractivity contribution in [2.75, 3.05) is 0 Å². The third-order valence-electron chi connectivity index (χ3n) is 1.76. The van der Waals surface area contributed by atoms with E-state index in [0.29, 0.717) is 26.6 Å². The molecule has 1 aromatic rings. The highest BCUT2D eigenvalue weighted by molar-refractivity contribution is 6.43. The molecule has 0 heterocycles. The standard InChI is InChI=1S/C10H11Cl3N2/c1-2-3-10(14)15-9-5-7(12)6(11)4-8(9)13/h4-5H,2-3H2,1H3,(H2,14,15). The zero-order valence-corrected chi connectivity index (χ0v) is 10.5. The van der Waals surface area contributed by atoms with E-state index in [1.54, 1.807) is 12.1 Å². The van der Waals surface area contributed by atoms with Crippen molar-refractivity contribution in [3.63, 3.8) is 0 Å². The van der Waals surface area contributed by atoms with Crippen molar-refractivity contribution in [1.82, 2.24) is 0 Å². The van der Waals surface area contributed by atoms with Crippen LogP contribution in [0, 0.1) is 0 Å². The monoisotopic (exact) mass is 264 g/mol. The van der Waals surface area contributed by atoms with Gasteiger partial charge >= 0.3 is 0 Å². The third-order valence-corrected chi connectivity index (χ3v) is 2.78. The lowest BCUT2D eigenvalue weighted by Crippen LogP contribution is -2.09. The first-order valence-corrected chi connectivity index (χ1v) is 5.65. The summed E-state index contributed by atoms with van der Waals surface area (Å²) in [6.45, 7) is 2.03. The summed E-state index contributed by atoms with van der Waals surface area (Å²) in [7, 11) is 0. The van der Waals surface area contributed by atoms with Gasteiger partial charge in [0.15, 0.2) is 0 Å². The number of benzene rings is 1. The Morgan fingerprint density at radius 1 is 1.20 bits per heavy atom. The Labute approximate surface area is 104 Å².